The van der Waals surface area contributed by atoms with Crippen LogP contribution in [0.3, 0.4) is 0 Å². The van der Waals surface area contributed by atoms with Crippen LogP contribution in [0.25, 0.3) is 0 Å². The minimum atomic E-state index is -0.0232. The minimum absolute atomic E-state index is 0.0232. The molecule has 0 bridgehead atoms. The second-order valence-electron chi connectivity index (χ2n) is 6.34. The summed E-state index contributed by atoms with van der Waals surface area (Å²) in [5.41, 5.74) is 2.57. The van der Waals surface area contributed by atoms with Gasteiger partial charge in [0.05, 0.1) is 16.8 Å². The quantitative estimate of drug-likeness (QED) is 0.927. The van der Waals surface area contributed by atoms with E-state index in [1.807, 2.05) is 11.8 Å². The first-order valence-electron chi connectivity index (χ1n) is 8.20. The Morgan fingerprint density at radius 2 is 2.32 bits per heavy atom. The largest absolute Gasteiger partial charge is 0.375 e. The van der Waals surface area contributed by atoms with Crippen LogP contribution in [0.5, 0.6) is 0 Å². The van der Waals surface area contributed by atoms with Gasteiger partial charge in [0.1, 0.15) is 4.88 Å². The maximum Gasteiger partial charge on any atom is 0.265 e. The molecule has 1 atom stereocenters. The van der Waals surface area contributed by atoms with Crippen LogP contribution in [0.15, 0.2) is 5.51 Å². The molecule has 0 unspecified atom stereocenters. The molecule has 3 rings (SSSR count). The highest BCUT2D eigenvalue weighted by atomic mass is 32.1. The number of carbonyl (C=O) groups excluding carboxylic acids is 1. The molecule has 0 aromatic carbocycles. The van der Waals surface area contributed by atoms with Crippen molar-refractivity contribution in [2.24, 2.45) is 0 Å². The van der Waals surface area contributed by atoms with Gasteiger partial charge in [-0.3, -0.25) is 4.79 Å². The molecular weight excluding hydrogens is 298 g/mol. The third-order valence-corrected chi connectivity index (χ3v) is 5.80. The van der Waals surface area contributed by atoms with Crippen molar-refractivity contribution in [2.75, 3.05) is 26.2 Å². The van der Waals surface area contributed by atoms with Crippen molar-refractivity contribution in [3.63, 3.8) is 0 Å². The molecule has 2 aliphatic heterocycles. The van der Waals surface area contributed by atoms with Gasteiger partial charge >= 0.3 is 0 Å². The van der Waals surface area contributed by atoms with Crippen molar-refractivity contribution in [1.29, 1.82) is 0 Å². The second-order valence-corrected chi connectivity index (χ2v) is 7.19. The molecule has 1 N–H and O–H groups in total. The van der Waals surface area contributed by atoms with Crippen LogP contribution in [-0.4, -0.2) is 53.7 Å². The molecule has 2 fully saturated rings. The molecule has 2 saturated heterocycles. The number of ether oxygens (including phenoxy) is 1. The molecule has 0 saturated carbocycles. The van der Waals surface area contributed by atoms with Gasteiger partial charge in [-0.25, -0.2) is 4.98 Å². The van der Waals surface area contributed by atoms with Crippen molar-refractivity contribution in [3.8, 4) is 0 Å². The number of thiazole rings is 1. The summed E-state index contributed by atoms with van der Waals surface area (Å²) in [6, 6.07) is 0.560. The highest BCUT2D eigenvalue weighted by molar-refractivity contribution is 7.11. The smallest absolute Gasteiger partial charge is 0.265 e. The molecular formula is C16H25N3O2S. The van der Waals surface area contributed by atoms with Gasteiger partial charge in [0.15, 0.2) is 0 Å². The SMILES string of the molecule is CCN[C@H]1CCOC2(CCN(C(=O)c3scnc3C)CC2)C1. The van der Waals surface area contributed by atoms with Crippen LogP contribution in [0, 0.1) is 6.92 Å². The molecule has 0 radical (unpaired) electrons. The van der Waals surface area contributed by atoms with E-state index >= 15 is 0 Å². The number of hydrogen-bond acceptors (Lipinski definition) is 5. The molecule has 1 amide bonds. The summed E-state index contributed by atoms with van der Waals surface area (Å²) in [7, 11) is 0. The maximum absolute atomic E-state index is 12.6. The summed E-state index contributed by atoms with van der Waals surface area (Å²) in [5.74, 6) is 0.133. The van der Waals surface area contributed by atoms with E-state index in [1.54, 1.807) is 5.51 Å². The predicted molar refractivity (Wildman–Crippen MR) is 87.4 cm³/mol. The number of nitrogens with one attached hydrogen (secondary N) is 1. The fourth-order valence-corrected chi connectivity index (χ4v) is 4.38. The van der Waals surface area contributed by atoms with Gasteiger partial charge in [0.2, 0.25) is 0 Å². The van der Waals surface area contributed by atoms with Gasteiger partial charge in [-0.1, -0.05) is 6.92 Å². The number of aromatic nitrogens is 1. The standard InChI is InChI=1S/C16H25N3O2S/c1-3-17-13-4-9-21-16(10-13)5-7-19(8-6-16)15(20)14-12(2)18-11-22-14/h11,13,17H,3-10H2,1-2H3/t13-/m0/s1. The molecule has 122 valence electrons. The Hall–Kier alpha value is -0.980. The maximum atomic E-state index is 12.6. The normalized spacial score (nSPS) is 24.6. The summed E-state index contributed by atoms with van der Waals surface area (Å²) in [5, 5.41) is 3.55. The van der Waals surface area contributed by atoms with Crippen LogP contribution in [0.1, 0.15) is 48.0 Å². The van der Waals surface area contributed by atoms with Gasteiger partial charge in [0, 0.05) is 25.7 Å². The third-order valence-electron chi connectivity index (χ3n) is 4.89. The lowest BCUT2D eigenvalue weighted by molar-refractivity contribution is -0.115. The molecule has 3 heterocycles. The first kappa shape index (κ1) is 15.9. The van der Waals surface area contributed by atoms with E-state index in [9.17, 15) is 4.79 Å². The average Bonchev–Trinajstić information content (AvgIpc) is 2.94. The van der Waals surface area contributed by atoms with Crippen LogP contribution >= 0.6 is 11.3 Å². The Bertz CT molecular complexity index is 521. The fourth-order valence-electron chi connectivity index (χ4n) is 3.61. The Labute approximate surface area is 136 Å². The van der Waals surface area contributed by atoms with Crippen molar-refractivity contribution in [3.05, 3.63) is 16.1 Å². The monoisotopic (exact) mass is 323 g/mol. The molecule has 0 aliphatic carbocycles. The third kappa shape index (κ3) is 3.19. The summed E-state index contributed by atoms with van der Waals surface area (Å²) < 4.78 is 6.14. The van der Waals surface area contributed by atoms with Crippen molar-refractivity contribution < 1.29 is 9.53 Å². The number of rotatable bonds is 3. The van der Waals surface area contributed by atoms with Crippen molar-refractivity contribution in [2.45, 2.75) is 51.2 Å². The van der Waals surface area contributed by atoms with E-state index < -0.39 is 0 Å². The van der Waals surface area contributed by atoms with Crippen LogP contribution in [0.4, 0.5) is 0 Å². The fraction of sp³-hybridized carbons (Fsp3) is 0.750. The minimum Gasteiger partial charge on any atom is -0.375 e. The molecule has 1 aromatic heterocycles. The second kappa shape index (κ2) is 6.64. The predicted octanol–water partition coefficient (Wildman–Crippen LogP) is 2.21. The molecule has 2 aliphatic rings. The Kier molecular flexibility index (Phi) is 4.80. The van der Waals surface area contributed by atoms with Gasteiger partial charge in [-0.2, -0.15) is 0 Å². The van der Waals surface area contributed by atoms with Crippen LogP contribution < -0.4 is 5.32 Å². The van der Waals surface area contributed by atoms with E-state index in [4.69, 9.17) is 4.74 Å². The zero-order chi connectivity index (χ0) is 15.6. The van der Waals surface area contributed by atoms with Crippen molar-refractivity contribution in [1.82, 2.24) is 15.2 Å². The number of hydrogen-bond donors (Lipinski definition) is 1. The van der Waals surface area contributed by atoms with Crippen molar-refractivity contribution >= 4 is 17.2 Å². The average molecular weight is 323 g/mol. The number of likely N-dealkylation sites (tertiary alicyclic amines) is 1. The first-order valence-corrected chi connectivity index (χ1v) is 9.08. The summed E-state index contributed by atoms with van der Waals surface area (Å²) in [6.45, 7) is 7.47. The topological polar surface area (TPSA) is 54.5 Å². The number of nitrogens with zero attached hydrogens (tertiary/aromatic N) is 2. The van der Waals surface area contributed by atoms with E-state index in [1.165, 1.54) is 11.3 Å². The van der Waals surface area contributed by atoms with E-state index in [0.717, 1.165) is 62.5 Å². The zero-order valence-electron chi connectivity index (χ0n) is 13.4. The first-order chi connectivity index (χ1) is 10.6. The molecule has 6 heteroatoms. The van der Waals surface area contributed by atoms with Gasteiger partial charge in [-0.15, -0.1) is 11.3 Å². The number of carbonyl (C=O) groups is 1. The molecule has 5 nitrogen and oxygen atoms in total. The molecule has 22 heavy (non-hydrogen) atoms. The molecule has 1 aromatic rings. The lowest BCUT2D eigenvalue weighted by Crippen LogP contribution is -2.53. The molecule has 1 spiro atoms. The Balaban J connectivity index is 1.60. The summed E-state index contributed by atoms with van der Waals surface area (Å²) >= 11 is 1.44. The number of aryl methyl sites for hydroxylation is 1. The van der Waals surface area contributed by atoms with Gasteiger partial charge < -0.3 is 15.0 Å². The van der Waals surface area contributed by atoms with E-state index in [0.29, 0.717) is 6.04 Å². The summed E-state index contributed by atoms with van der Waals surface area (Å²) in [6.07, 6.45) is 4.05. The Morgan fingerprint density at radius 3 is 2.95 bits per heavy atom. The number of piperidine rings is 1. The number of amides is 1. The lowest BCUT2D eigenvalue weighted by Gasteiger charge is -2.46. The Morgan fingerprint density at radius 1 is 1.55 bits per heavy atom. The van der Waals surface area contributed by atoms with E-state index in [-0.39, 0.29) is 11.5 Å². The van der Waals surface area contributed by atoms with Crippen LogP contribution in [0.2, 0.25) is 0 Å². The van der Waals surface area contributed by atoms with Crippen LogP contribution in [-0.2, 0) is 4.74 Å². The highest BCUT2D eigenvalue weighted by Gasteiger charge is 2.41. The van der Waals surface area contributed by atoms with Gasteiger partial charge in [0.25, 0.3) is 5.91 Å². The highest BCUT2D eigenvalue weighted by Crippen LogP contribution is 2.35. The zero-order valence-corrected chi connectivity index (χ0v) is 14.2. The van der Waals surface area contributed by atoms with E-state index in [2.05, 4.69) is 17.2 Å². The summed E-state index contributed by atoms with van der Waals surface area (Å²) in [4.78, 5) is 19.5. The van der Waals surface area contributed by atoms with Gasteiger partial charge in [-0.05, 0) is 39.2 Å². The lowest BCUT2D eigenvalue weighted by atomic mass is 9.82.